The zero-order chi connectivity index (χ0) is 16.8. The normalized spacial score (nSPS) is 15.0. The zero-order valence-corrected chi connectivity index (χ0v) is 14.8. The van der Waals surface area contributed by atoms with Gasteiger partial charge in [-0.05, 0) is 39.5 Å². The van der Waals surface area contributed by atoms with Gasteiger partial charge in [0.25, 0.3) is 0 Å². The Morgan fingerprint density at radius 2 is 1.83 bits per heavy atom. The molecule has 0 amide bonds. The fourth-order valence-corrected chi connectivity index (χ4v) is 2.58. The number of aliphatic imine (C=N–C) groups is 1. The van der Waals surface area contributed by atoms with Crippen molar-refractivity contribution in [3.8, 4) is 0 Å². The number of carbonyl (C=O) groups is 1. The molecule has 132 valence electrons. The molecule has 0 aromatic heterocycles. The molecular formula is C18H33N3O2. The Kier molecular flexibility index (Phi) is 11.0. The molecule has 0 aromatic carbocycles. The third-order valence-corrected chi connectivity index (χ3v) is 3.81. The largest absolute Gasteiger partial charge is 0.466 e. The fraction of sp³-hybridized carbons (Fsp3) is 0.778. The Bertz CT molecular complexity index is 372. The van der Waals surface area contributed by atoms with Gasteiger partial charge < -0.3 is 15.4 Å². The maximum absolute atomic E-state index is 11.2. The monoisotopic (exact) mass is 323 g/mol. The number of unbranched alkanes of at least 4 members (excludes halogenated alkanes) is 4. The van der Waals surface area contributed by atoms with E-state index in [2.05, 4.69) is 34.7 Å². The lowest BCUT2D eigenvalue weighted by Crippen LogP contribution is -2.42. The van der Waals surface area contributed by atoms with Crippen molar-refractivity contribution in [1.82, 2.24) is 10.6 Å². The Morgan fingerprint density at radius 3 is 2.52 bits per heavy atom. The quantitative estimate of drug-likeness (QED) is 0.202. The van der Waals surface area contributed by atoms with Crippen LogP contribution in [-0.4, -0.2) is 37.7 Å². The summed E-state index contributed by atoms with van der Waals surface area (Å²) in [6.07, 6.45) is 12.6. The van der Waals surface area contributed by atoms with E-state index in [-0.39, 0.29) is 5.97 Å². The van der Waals surface area contributed by atoms with Crippen LogP contribution in [0.5, 0.6) is 0 Å². The van der Waals surface area contributed by atoms with E-state index in [0.29, 0.717) is 19.1 Å². The third-order valence-electron chi connectivity index (χ3n) is 3.81. The summed E-state index contributed by atoms with van der Waals surface area (Å²) in [7, 11) is 0. The molecule has 0 saturated carbocycles. The number of ether oxygens (including phenoxy) is 1. The maximum Gasteiger partial charge on any atom is 0.305 e. The number of nitrogens with zero attached hydrogens (tertiary/aromatic N) is 1. The van der Waals surface area contributed by atoms with Crippen molar-refractivity contribution in [1.29, 1.82) is 0 Å². The Balaban J connectivity index is 2.04. The topological polar surface area (TPSA) is 62.7 Å². The average molecular weight is 323 g/mol. The first-order chi connectivity index (χ1) is 11.3. The van der Waals surface area contributed by atoms with Crippen LogP contribution in [0.1, 0.15) is 65.2 Å². The van der Waals surface area contributed by atoms with Crippen molar-refractivity contribution in [3.63, 3.8) is 0 Å². The van der Waals surface area contributed by atoms with Gasteiger partial charge in [0.1, 0.15) is 0 Å². The fourth-order valence-electron chi connectivity index (χ4n) is 2.58. The zero-order valence-electron chi connectivity index (χ0n) is 14.8. The van der Waals surface area contributed by atoms with Crippen LogP contribution in [0.25, 0.3) is 0 Å². The van der Waals surface area contributed by atoms with Gasteiger partial charge in [0, 0.05) is 25.6 Å². The minimum atomic E-state index is -0.0696. The maximum atomic E-state index is 11.2. The van der Waals surface area contributed by atoms with E-state index in [1.807, 2.05) is 6.92 Å². The highest BCUT2D eigenvalue weighted by Gasteiger charge is 2.11. The highest BCUT2D eigenvalue weighted by atomic mass is 16.5. The Labute approximate surface area is 141 Å². The molecule has 0 unspecified atom stereocenters. The molecule has 0 spiro atoms. The number of carbonyl (C=O) groups excluding carboxylic acids is 1. The molecule has 5 nitrogen and oxygen atoms in total. The first-order valence-corrected chi connectivity index (χ1v) is 9.11. The lowest BCUT2D eigenvalue weighted by molar-refractivity contribution is -0.143. The highest BCUT2D eigenvalue weighted by Crippen LogP contribution is 2.09. The molecule has 0 fully saturated rings. The molecular weight excluding hydrogens is 290 g/mol. The van der Waals surface area contributed by atoms with Crippen molar-refractivity contribution < 1.29 is 9.53 Å². The van der Waals surface area contributed by atoms with Gasteiger partial charge in [-0.15, -0.1) is 0 Å². The Morgan fingerprint density at radius 1 is 1.13 bits per heavy atom. The first kappa shape index (κ1) is 19.5. The van der Waals surface area contributed by atoms with Crippen molar-refractivity contribution in [2.45, 2.75) is 71.3 Å². The van der Waals surface area contributed by atoms with Crippen molar-refractivity contribution >= 4 is 11.9 Å². The van der Waals surface area contributed by atoms with Gasteiger partial charge in [-0.1, -0.05) is 31.4 Å². The predicted molar refractivity (Wildman–Crippen MR) is 95.6 cm³/mol. The molecule has 0 aromatic rings. The summed E-state index contributed by atoms with van der Waals surface area (Å²) >= 11 is 0. The molecule has 1 aliphatic carbocycles. The summed E-state index contributed by atoms with van der Waals surface area (Å²) in [6, 6.07) is 0.496. The number of guanidine groups is 1. The van der Waals surface area contributed by atoms with Crippen molar-refractivity contribution in [3.05, 3.63) is 12.2 Å². The van der Waals surface area contributed by atoms with E-state index >= 15 is 0 Å². The summed E-state index contributed by atoms with van der Waals surface area (Å²) in [5.41, 5.74) is 0. The number of esters is 1. The molecule has 1 rings (SSSR count). The molecule has 23 heavy (non-hydrogen) atoms. The number of nitrogens with one attached hydrogen (secondary N) is 2. The molecule has 5 heteroatoms. The van der Waals surface area contributed by atoms with E-state index in [1.165, 1.54) is 0 Å². The number of hydrogen-bond acceptors (Lipinski definition) is 3. The number of hydrogen-bond donors (Lipinski definition) is 2. The van der Waals surface area contributed by atoms with Crippen LogP contribution in [-0.2, 0) is 9.53 Å². The lowest BCUT2D eigenvalue weighted by atomic mass is 10.1. The third kappa shape index (κ3) is 9.97. The van der Waals surface area contributed by atoms with Gasteiger partial charge in [0.2, 0.25) is 0 Å². The summed E-state index contributed by atoms with van der Waals surface area (Å²) in [5, 5.41) is 6.78. The number of rotatable bonds is 11. The smallest absolute Gasteiger partial charge is 0.305 e. The standard InChI is InChI=1S/C18H33N3O2/c1-3-19-18(21-16-12-9-10-13-16)20-15-11-7-5-6-8-14-17(22)23-4-2/h9-10,16H,3-8,11-15H2,1-2H3,(H2,19,20,21). The molecule has 0 radical (unpaired) electrons. The van der Waals surface area contributed by atoms with Gasteiger partial charge in [-0.2, -0.15) is 0 Å². The van der Waals surface area contributed by atoms with E-state index < -0.39 is 0 Å². The second-order valence-corrected chi connectivity index (χ2v) is 5.87. The molecule has 0 aliphatic heterocycles. The second-order valence-electron chi connectivity index (χ2n) is 5.87. The van der Waals surface area contributed by atoms with E-state index in [4.69, 9.17) is 4.74 Å². The Hall–Kier alpha value is -1.52. The van der Waals surface area contributed by atoms with Crippen LogP contribution in [0, 0.1) is 0 Å². The molecule has 2 N–H and O–H groups in total. The molecule has 0 atom stereocenters. The van der Waals surface area contributed by atoms with Gasteiger partial charge in [0.15, 0.2) is 5.96 Å². The van der Waals surface area contributed by atoms with Crippen molar-refractivity contribution in [2.24, 2.45) is 4.99 Å². The van der Waals surface area contributed by atoms with E-state index in [0.717, 1.165) is 64.0 Å². The second kappa shape index (κ2) is 13.0. The van der Waals surface area contributed by atoms with Crippen LogP contribution in [0.4, 0.5) is 0 Å². The molecule has 0 bridgehead atoms. The molecule has 0 heterocycles. The average Bonchev–Trinajstić information content (AvgIpc) is 3.03. The minimum Gasteiger partial charge on any atom is -0.466 e. The SMILES string of the molecule is CCNC(=NCCCCCCCC(=O)OCC)NC1CC=CC1. The van der Waals surface area contributed by atoms with Gasteiger partial charge in [-0.25, -0.2) is 0 Å². The summed E-state index contributed by atoms with van der Waals surface area (Å²) in [4.78, 5) is 15.8. The van der Waals surface area contributed by atoms with E-state index in [9.17, 15) is 4.79 Å². The van der Waals surface area contributed by atoms with Crippen LogP contribution in [0.15, 0.2) is 17.1 Å². The van der Waals surface area contributed by atoms with Crippen LogP contribution in [0.2, 0.25) is 0 Å². The first-order valence-electron chi connectivity index (χ1n) is 9.11. The minimum absolute atomic E-state index is 0.0696. The van der Waals surface area contributed by atoms with Crippen LogP contribution in [0.3, 0.4) is 0 Å². The van der Waals surface area contributed by atoms with Crippen LogP contribution >= 0.6 is 0 Å². The molecule has 0 saturated heterocycles. The summed E-state index contributed by atoms with van der Waals surface area (Å²) in [6.45, 7) is 6.16. The van der Waals surface area contributed by atoms with Gasteiger partial charge in [-0.3, -0.25) is 9.79 Å². The van der Waals surface area contributed by atoms with Crippen LogP contribution < -0.4 is 10.6 Å². The summed E-state index contributed by atoms with van der Waals surface area (Å²) in [5.74, 6) is 0.864. The molecule has 1 aliphatic rings. The lowest BCUT2D eigenvalue weighted by Gasteiger charge is -2.16. The highest BCUT2D eigenvalue weighted by molar-refractivity contribution is 5.80. The predicted octanol–water partition coefficient (Wildman–Crippen LogP) is 3.16. The van der Waals surface area contributed by atoms with Crippen molar-refractivity contribution in [2.75, 3.05) is 19.7 Å². The summed E-state index contributed by atoms with van der Waals surface area (Å²) < 4.78 is 4.92. The van der Waals surface area contributed by atoms with Gasteiger partial charge in [0.05, 0.1) is 6.61 Å². The van der Waals surface area contributed by atoms with Gasteiger partial charge >= 0.3 is 5.97 Å². The van der Waals surface area contributed by atoms with E-state index in [1.54, 1.807) is 0 Å².